The highest BCUT2D eigenvalue weighted by molar-refractivity contribution is 5.55. The molecule has 1 aromatic carbocycles. The third kappa shape index (κ3) is 3.05. The van der Waals surface area contributed by atoms with Gasteiger partial charge in [0.2, 0.25) is 11.7 Å². The average Bonchev–Trinajstić information content (AvgIpc) is 3.18. The molecule has 1 aliphatic carbocycles. The summed E-state index contributed by atoms with van der Waals surface area (Å²) in [6, 6.07) is 8.62. The largest absolute Gasteiger partial charge is 0.395 e. The van der Waals surface area contributed by atoms with Gasteiger partial charge in [0.05, 0.1) is 13.2 Å². The van der Waals surface area contributed by atoms with Crippen LogP contribution in [0.3, 0.4) is 0 Å². The van der Waals surface area contributed by atoms with E-state index in [4.69, 9.17) is 9.63 Å². The van der Waals surface area contributed by atoms with Crippen molar-refractivity contribution in [2.75, 3.05) is 13.2 Å². The zero-order valence-corrected chi connectivity index (χ0v) is 11.6. The van der Waals surface area contributed by atoms with Crippen molar-refractivity contribution in [1.82, 2.24) is 15.0 Å². The number of benzene rings is 1. The number of aliphatic hydroxyl groups excluding tert-OH is 1. The smallest absolute Gasteiger partial charge is 0.241 e. The number of hydrogen-bond acceptors (Lipinski definition) is 5. The average molecular weight is 273 g/mol. The van der Waals surface area contributed by atoms with Gasteiger partial charge in [-0.15, -0.1) is 0 Å². The molecule has 106 valence electrons. The van der Waals surface area contributed by atoms with Gasteiger partial charge in [0, 0.05) is 18.2 Å². The Morgan fingerprint density at radius 2 is 2.25 bits per heavy atom. The number of aromatic nitrogens is 2. The van der Waals surface area contributed by atoms with Gasteiger partial charge in [-0.05, 0) is 25.8 Å². The molecule has 5 heteroatoms. The summed E-state index contributed by atoms with van der Waals surface area (Å²) in [6.45, 7) is 3.48. The zero-order chi connectivity index (χ0) is 13.9. The topological polar surface area (TPSA) is 62.4 Å². The quantitative estimate of drug-likeness (QED) is 0.872. The molecule has 1 saturated carbocycles. The molecule has 0 unspecified atom stereocenters. The number of aryl methyl sites for hydroxylation is 1. The van der Waals surface area contributed by atoms with E-state index in [1.54, 1.807) is 0 Å². The van der Waals surface area contributed by atoms with E-state index in [1.165, 1.54) is 18.4 Å². The van der Waals surface area contributed by atoms with Gasteiger partial charge in [-0.2, -0.15) is 4.98 Å². The van der Waals surface area contributed by atoms with Gasteiger partial charge < -0.3 is 9.63 Å². The monoisotopic (exact) mass is 273 g/mol. The molecule has 0 amide bonds. The Bertz CT molecular complexity index is 578. The van der Waals surface area contributed by atoms with Gasteiger partial charge in [0.25, 0.3) is 0 Å². The Balaban J connectivity index is 1.73. The van der Waals surface area contributed by atoms with Crippen LogP contribution >= 0.6 is 0 Å². The maximum Gasteiger partial charge on any atom is 0.241 e. The molecule has 0 spiro atoms. The lowest BCUT2D eigenvalue weighted by Crippen LogP contribution is -2.28. The van der Waals surface area contributed by atoms with Crippen LogP contribution in [-0.2, 0) is 6.54 Å². The standard InChI is InChI=1S/C15H19N3O2/c1-11-3-2-4-12(9-11)15-16-14(20-17-15)10-18(7-8-19)13-5-6-13/h2-4,9,13,19H,5-8,10H2,1H3. The van der Waals surface area contributed by atoms with E-state index in [0.29, 0.717) is 30.8 Å². The number of nitrogens with zero attached hydrogens (tertiary/aromatic N) is 3. The molecule has 3 rings (SSSR count). The Kier molecular flexibility index (Phi) is 3.80. The summed E-state index contributed by atoms with van der Waals surface area (Å²) in [6.07, 6.45) is 2.39. The second kappa shape index (κ2) is 5.73. The minimum absolute atomic E-state index is 0.162. The fourth-order valence-corrected chi connectivity index (χ4v) is 2.35. The molecule has 0 aliphatic heterocycles. The lowest BCUT2D eigenvalue weighted by molar-refractivity contribution is 0.167. The summed E-state index contributed by atoms with van der Waals surface area (Å²) in [7, 11) is 0. The number of hydrogen-bond donors (Lipinski definition) is 1. The van der Waals surface area contributed by atoms with E-state index in [9.17, 15) is 0 Å². The molecule has 1 aromatic heterocycles. The van der Waals surface area contributed by atoms with E-state index in [1.807, 2.05) is 31.2 Å². The van der Waals surface area contributed by atoms with Crippen LogP contribution in [0.2, 0.25) is 0 Å². The second-order valence-electron chi connectivity index (χ2n) is 5.31. The summed E-state index contributed by atoms with van der Waals surface area (Å²) >= 11 is 0. The molecule has 0 radical (unpaired) electrons. The predicted octanol–water partition coefficient (Wildman–Crippen LogP) is 2.00. The molecule has 1 heterocycles. The van der Waals surface area contributed by atoms with Gasteiger partial charge >= 0.3 is 0 Å². The van der Waals surface area contributed by atoms with Gasteiger partial charge in [-0.25, -0.2) is 0 Å². The van der Waals surface area contributed by atoms with Crippen LogP contribution in [0.15, 0.2) is 28.8 Å². The Hall–Kier alpha value is -1.72. The maximum atomic E-state index is 9.10. The van der Waals surface area contributed by atoms with Crippen LogP contribution in [0, 0.1) is 6.92 Å². The van der Waals surface area contributed by atoms with Gasteiger partial charge in [0.15, 0.2) is 0 Å². The summed E-state index contributed by atoms with van der Waals surface area (Å²) in [5.41, 5.74) is 2.15. The zero-order valence-electron chi connectivity index (χ0n) is 11.6. The first-order valence-corrected chi connectivity index (χ1v) is 7.01. The van der Waals surface area contributed by atoms with E-state index in [2.05, 4.69) is 15.0 Å². The predicted molar refractivity (Wildman–Crippen MR) is 75.0 cm³/mol. The van der Waals surface area contributed by atoms with E-state index < -0.39 is 0 Å². The van der Waals surface area contributed by atoms with Crippen LogP contribution < -0.4 is 0 Å². The van der Waals surface area contributed by atoms with Gasteiger partial charge in [0.1, 0.15) is 0 Å². The van der Waals surface area contributed by atoms with E-state index in [0.717, 1.165) is 5.56 Å². The normalized spacial score (nSPS) is 14.9. The Morgan fingerprint density at radius 3 is 2.95 bits per heavy atom. The molecule has 1 N–H and O–H groups in total. The highest BCUT2D eigenvalue weighted by Gasteiger charge is 2.29. The number of aliphatic hydroxyl groups is 1. The first-order valence-electron chi connectivity index (χ1n) is 7.01. The van der Waals surface area contributed by atoms with Crippen molar-refractivity contribution in [3.63, 3.8) is 0 Å². The van der Waals surface area contributed by atoms with Gasteiger partial charge in [-0.1, -0.05) is 28.9 Å². The fraction of sp³-hybridized carbons (Fsp3) is 0.467. The summed E-state index contributed by atoms with van der Waals surface area (Å²) < 4.78 is 5.33. The Labute approximate surface area is 118 Å². The van der Waals surface area contributed by atoms with Crippen LogP contribution in [-0.4, -0.2) is 39.3 Å². The SMILES string of the molecule is Cc1cccc(-c2noc(CN(CCO)C3CC3)n2)c1. The molecule has 5 nitrogen and oxygen atoms in total. The second-order valence-corrected chi connectivity index (χ2v) is 5.31. The molecule has 20 heavy (non-hydrogen) atoms. The van der Waals surface area contributed by atoms with Crippen molar-refractivity contribution in [3.8, 4) is 11.4 Å². The first kappa shape index (κ1) is 13.3. The van der Waals surface area contributed by atoms with Crippen LogP contribution in [0.4, 0.5) is 0 Å². The molecular weight excluding hydrogens is 254 g/mol. The molecule has 0 bridgehead atoms. The van der Waals surface area contributed by atoms with E-state index in [-0.39, 0.29) is 6.61 Å². The highest BCUT2D eigenvalue weighted by Crippen LogP contribution is 2.28. The molecule has 2 aromatic rings. The first-order chi connectivity index (χ1) is 9.76. The summed E-state index contributed by atoms with van der Waals surface area (Å²) in [5, 5.41) is 13.1. The van der Waals surface area contributed by atoms with Crippen molar-refractivity contribution >= 4 is 0 Å². The fourth-order valence-electron chi connectivity index (χ4n) is 2.35. The molecule has 0 saturated heterocycles. The van der Waals surface area contributed by atoms with Crippen LogP contribution in [0.25, 0.3) is 11.4 Å². The third-order valence-electron chi connectivity index (χ3n) is 3.53. The van der Waals surface area contributed by atoms with Crippen molar-refractivity contribution in [3.05, 3.63) is 35.7 Å². The Morgan fingerprint density at radius 1 is 1.40 bits per heavy atom. The highest BCUT2D eigenvalue weighted by atomic mass is 16.5. The van der Waals surface area contributed by atoms with Crippen LogP contribution in [0.1, 0.15) is 24.3 Å². The minimum Gasteiger partial charge on any atom is -0.395 e. The summed E-state index contributed by atoms with van der Waals surface area (Å²) in [4.78, 5) is 6.65. The minimum atomic E-state index is 0.162. The molecule has 1 fully saturated rings. The van der Waals surface area contributed by atoms with Crippen molar-refractivity contribution in [2.45, 2.75) is 32.4 Å². The lowest BCUT2D eigenvalue weighted by atomic mass is 10.1. The van der Waals surface area contributed by atoms with Crippen molar-refractivity contribution < 1.29 is 9.63 Å². The molecule has 0 atom stereocenters. The summed E-state index contributed by atoms with van der Waals surface area (Å²) in [5.74, 6) is 1.24. The van der Waals surface area contributed by atoms with E-state index >= 15 is 0 Å². The lowest BCUT2D eigenvalue weighted by Gasteiger charge is -2.17. The maximum absolute atomic E-state index is 9.10. The van der Waals surface area contributed by atoms with Crippen molar-refractivity contribution in [2.24, 2.45) is 0 Å². The molecule has 1 aliphatic rings. The van der Waals surface area contributed by atoms with Crippen LogP contribution in [0.5, 0.6) is 0 Å². The third-order valence-corrected chi connectivity index (χ3v) is 3.53. The number of rotatable bonds is 6. The van der Waals surface area contributed by atoms with Gasteiger partial charge in [-0.3, -0.25) is 4.90 Å². The molecular formula is C15H19N3O2. The van der Waals surface area contributed by atoms with Crippen molar-refractivity contribution in [1.29, 1.82) is 0 Å².